The van der Waals surface area contributed by atoms with E-state index in [9.17, 15) is 9.59 Å². The number of carbonyl (C=O) groups is 2. The molecule has 0 atom stereocenters. The maximum Gasteiger partial charge on any atom is 0.317 e. The Labute approximate surface area is 115 Å². The van der Waals surface area contributed by atoms with Gasteiger partial charge in [0, 0.05) is 0 Å². The predicted molar refractivity (Wildman–Crippen MR) is 73.0 cm³/mol. The second-order valence-electron chi connectivity index (χ2n) is 5.74. The van der Waals surface area contributed by atoms with Crippen molar-refractivity contribution in [2.24, 2.45) is 11.8 Å². The van der Waals surface area contributed by atoms with Gasteiger partial charge in [0.1, 0.15) is 0 Å². The molecule has 110 valence electrons. The number of aliphatic carboxylic acids is 2. The van der Waals surface area contributed by atoms with E-state index < -0.39 is 17.9 Å². The largest absolute Gasteiger partial charge is 0.481 e. The molecular weight excluding hydrogens is 244 g/mol. The van der Waals surface area contributed by atoms with E-state index in [0.29, 0.717) is 6.42 Å². The highest BCUT2D eigenvalue weighted by Crippen LogP contribution is 2.26. The average molecular weight is 270 g/mol. The molecule has 0 radical (unpaired) electrons. The van der Waals surface area contributed by atoms with Gasteiger partial charge >= 0.3 is 11.9 Å². The Kier molecular flexibility index (Phi) is 7.53. The topological polar surface area (TPSA) is 74.6 Å². The minimum atomic E-state index is -1.23. The molecule has 4 heteroatoms. The van der Waals surface area contributed by atoms with Crippen LogP contribution in [-0.2, 0) is 9.59 Å². The fourth-order valence-electron chi connectivity index (χ4n) is 2.95. The molecule has 0 spiro atoms. The van der Waals surface area contributed by atoms with Crippen LogP contribution < -0.4 is 0 Å². The summed E-state index contributed by atoms with van der Waals surface area (Å²) in [7, 11) is 0. The van der Waals surface area contributed by atoms with E-state index >= 15 is 0 Å². The molecule has 0 bridgehead atoms. The van der Waals surface area contributed by atoms with Crippen molar-refractivity contribution in [1.29, 1.82) is 0 Å². The van der Waals surface area contributed by atoms with E-state index in [4.69, 9.17) is 10.2 Å². The van der Waals surface area contributed by atoms with Gasteiger partial charge in [-0.05, 0) is 12.3 Å². The molecule has 1 fully saturated rings. The third-order valence-corrected chi connectivity index (χ3v) is 4.14. The summed E-state index contributed by atoms with van der Waals surface area (Å²) < 4.78 is 0. The maximum absolute atomic E-state index is 11.0. The van der Waals surface area contributed by atoms with Crippen molar-refractivity contribution in [3.63, 3.8) is 0 Å². The number of carboxylic acids is 2. The van der Waals surface area contributed by atoms with Crippen LogP contribution in [0.2, 0.25) is 0 Å². The van der Waals surface area contributed by atoms with E-state index in [2.05, 4.69) is 0 Å². The van der Waals surface area contributed by atoms with Gasteiger partial charge in [-0.1, -0.05) is 64.2 Å². The molecule has 0 aromatic carbocycles. The van der Waals surface area contributed by atoms with Crippen LogP contribution in [0.4, 0.5) is 0 Å². The highest BCUT2D eigenvalue weighted by Gasteiger charge is 2.28. The quantitative estimate of drug-likeness (QED) is 0.764. The van der Waals surface area contributed by atoms with Crippen LogP contribution in [0.1, 0.15) is 70.6 Å². The van der Waals surface area contributed by atoms with Gasteiger partial charge in [0.25, 0.3) is 0 Å². The van der Waals surface area contributed by atoms with Crippen molar-refractivity contribution < 1.29 is 19.8 Å². The molecule has 1 saturated carbocycles. The van der Waals surface area contributed by atoms with Crippen LogP contribution in [0.25, 0.3) is 0 Å². The average Bonchev–Trinajstić information content (AvgIpc) is 2.40. The molecule has 19 heavy (non-hydrogen) atoms. The molecule has 0 aromatic rings. The molecular formula is C15H26O4. The van der Waals surface area contributed by atoms with E-state index in [1.165, 1.54) is 38.5 Å². The van der Waals surface area contributed by atoms with E-state index in [1.807, 2.05) is 0 Å². The SMILES string of the molecule is O=C(O)C(CC1CCCCCCCCCC1)C(=O)O. The smallest absolute Gasteiger partial charge is 0.317 e. The van der Waals surface area contributed by atoms with Crippen molar-refractivity contribution in [2.75, 3.05) is 0 Å². The first-order valence-corrected chi connectivity index (χ1v) is 7.57. The highest BCUT2D eigenvalue weighted by atomic mass is 16.4. The minimum Gasteiger partial charge on any atom is -0.481 e. The Morgan fingerprint density at radius 3 is 1.53 bits per heavy atom. The molecule has 1 aliphatic carbocycles. The van der Waals surface area contributed by atoms with Gasteiger partial charge in [-0.2, -0.15) is 0 Å². The molecule has 0 aromatic heterocycles. The Bertz CT molecular complexity index is 262. The number of carboxylic acid groups (broad SMARTS) is 2. The van der Waals surface area contributed by atoms with Gasteiger partial charge < -0.3 is 10.2 Å². The van der Waals surface area contributed by atoms with Crippen molar-refractivity contribution in [3.8, 4) is 0 Å². The lowest BCUT2D eigenvalue weighted by Gasteiger charge is -2.18. The first-order chi connectivity index (χ1) is 9.11. The van der Waals surface area contributed by atoms with Crippen LogP contribution in [0.3, 0.4) is 0 Å². The van der Waals surface area contributed by atoms with Gasteiger partial charge in [0.15, 0.2) is 5.92 Å². The number of rotatable bonds is 4. The summed E-state index contributed by atoms with van der Waals surface area (Å²) >= 11 is 0. The van der Waals surface area contributed by atoms with Gasteiger partial charge in [0.05, 0.1) is 0 Å². The fourth-order valence-corrected chi connectivity index (χ4v) is 2.95. The Morgan fingerprint density at radius 1 is 0.789 bits per heavy atom. The fraction of sp³-hybridized carbons (Fsp3) is 0.867. The lowest BCUT2D eigenvalue weighted by molar-refractivity contribution is -0.155. The standard InChI is InChI=1S/C15H26O4/c16-14(17)13(15(18)19)11-12-9-7-5-3-1-2-4-6-8-10-12/h12-13H,1-11H2,(H,16,17)(H,18,19). The highest BCUT2D eigenvalue weighted by molar-refractivity contribution is 5.92. The van der Waals surface area contributed by atoms with Crippen molar-refractivity contribution in [2.45, 2.75) is 70.6 Å². The Balaban J connectivity index is 2.50. The monoisotopic (exact) mass is 270 g/mol. The van der Waals surface area contributed by atoms with Gasteiger partial charge in [-0.15, -0.1) is 0 Å². The summed E-state index contributed by atoms with van der Waals surface area (Å²) in [6, 6.07) is 0. The van der Waals surface area contributed by atoms with Gasteiger partial charge in [-0.3, -0.25) is 9.59 Å². The van der Waals surface area contributed by atoms with Crippen LogP contribution in [0.15, 0.2) is 0 Å². The van der Waals surface area contributed by atoms with Crippen LogP contribution in [0, 0.1) is 11.8 Å². The van der Waals surface area contributed by atoms with Crippen LogP contribution in [-0.4, -0.2) is 22.2 Å². The summed E-state index contributed by atoms with van der Waals surface area (Å²) in [5.41, 5.74) is 0. The normalized spacial score (nSPS) is 19.8. The number of hydrogen-bond donors (Lipinski definition) is 2. The zero-order chi connectivity index (χ0) is 14.1. The third kappa shape index (κ3) is 6.60. The summed E-state index contributed by atoms with van der Waals surface area (Å²) in [5, 5.41) is 17.9. The molecule has 1 aliphatic rings. The number of hydrogen-bond acceptors (Lipinski definition) is 2. The zero-order valence-corrected chi connectivity index (χ0v) is 11.6. The first-order valence-electron chi connectivity index (χ1n) is 7.57. The second-order valence-corrected chi connectivity index (χ2v) is 5.74. The lowest BCUT2D eigenvalue weighted by atomic mass is 9.86. The molecule has 0 amide bonds. The maximum atomic E-state index is 11.0. The van der Waals surface area contributed by atoms with Crippen molar-refractivity contribution in [3.05, 3.63) is 0 Å². The molecule has 0 saturated heterocycles. The Morgan fingerprint density at radius 2 is 1.16 bits per heavy atom. The molecule has 0 unspecified atom stereocenters. The van der Waals surface area contributed by atoms with Crippen molar-refractivity contribution >= 4 is 11.9 Å². The molecule has 0 aliphatic heterocycles. The molecule has 0 heterocycles. The summed E-state index contributed by atoms with van der Waals surface area (Å²) in [5.74, 6) is -3.35. The van der Waals surface area contributed by atoms with E-state index in [-0.39, 0.29) is 5.92 Å². The Hall–Kier alpha value is -1.06. The summed E-state index contributed by atoms with van der Waals surface area (Å²) in [6.07, 6.45) is 12.0. The molecule has 1 rings (SSSR count). The third-order valence-electron chi connectivity index (χ3n) is 4.14. The molecule has 4 nitrogen and oxygen atoms in total. The van der Waals surface area contributed by atoms with E-state index in [0.717, 1.165) is 25.7 Å². The predicted octanol–water partition coefficient (Wildman–Crippen LogP) is 3.69. The lowest BCUT2D eigenvalue weighted by Crippen LogP contribution is -2.26. The van der Waals surface area contributed by atoms with E-state index in [1.54, 1.807) is 0 Å². The molecule has 2 N–H and O–H groups in total. The van der Waals surface area contributed by atoms with Crippen LogP contribution in [0.5, 0.6) is 0 Å². The van der Waals surface area contributed by atoms with Gasteiger partial charge in [0.2, 0.25) is 0 Å². The first kappa shape index (κ1) is 16.0. The summed E-state index contributed by atoms with van der Waals surface area (Å²) in [6.45, 7) is 0. The van der Waals surface area contributed by atoms with Crippen molar-refractivity contribution in [1.82, 2.24) is 0 Å². The summed E-state index contributed by atoms with van der Waals surface area (Å²) in [4.78, 5) is 21.9. The van der Waals surface area contributed by atoms with Gasteiger partial charge in [-0.25, -0.2) is 0 Å². The zero-order valence-electron chi connectivity index (χ0n) is 11.6. The minimum absolute atomic E-state index is 0.260. The van der Waals surface area contributed by atoms with Crippen LogP contribution >= 0.6 is 0 Å². The second kappa shape index (κ2) is 8.94.